The molecule has 1 aromatic carbocycles. The fourth-order valence-electron chi connectivity index (χ4n) is 4.69. The van der Waals surface area contributed by atoms with Gasteiger partial charge in [0, 0.05) is 18.9 Å². The van der Waals surface area contributed by atoms with Crippen LogP contribution < -0.4 is 0 Å². The second-order valence-corrected chi connectivity index (χ2v) is 8.01. The van der Waals surface area contributed by atoms with Crippen molar-refractivity contribution < 1.29 is 9.53 Å². The van der Waals surface area contributed by atoms with E-state index in [2.05, 4.69) is 11.0 Å². The number of carbonyl (C=O) groups excluding carboxylic acids is 1. The lowest BCUT2D eigenvalue weighted by molar-refractivity contribution is -0.143. The van der Waals surface area contributed by atoms with Crippen LogP contribution in [0, 0.1) is 17.2 Å². The van der Waals surface area contributed by atoms with E-state index in [9.17, 15) is 4.79 Å². The van der Waals surface area contributed by atoms with E-state index in [0.717, 1.165) is 44.2 Å². The summed E-state index contributed by atoms with van der Waals surface area (Å²) in [5.41, 5.74) is 2.69. The Bertz CT molecular complexity index is 740. The third-order valence-corrected chi connectivity index (χ3v) is 6.15. The Hall–Kier alpha value is -2.28. The quantitative estimate of drug-likeness (QED) is 0.801. The molecule has 2 aliphatic heterocycles. The number of hydrogen-bond acceptors (Lipinski definition) is 3. The minimum Gasteiger partial charge on any atom is -0.492 e. The molecule has 26 heavy (non-hydrogen) atoms. The maximum absolute atomic E-state index is 12.9. The first-order valence-electron chi connectivity index (χ1n) is 9.85. The normalized spacial score (nSPS) is 26.3. The van der Waals surface area contributed by atoms with Crippen LogP contribution in [0.3, 0.4) is 0 Å². The van der Waals surface area contributed by atoms with Crippen molar-refractivity contribution in [3.63, 3.8) is 0 Å². The number of ether oxygens (including phenoxy) is 1. The van der Waals surface area contributed by atoms with Gasteiger partial charge in [0.05, 0.1) is 24.4 Å². The first-order valence-corrected chi connectivity index (χ1v) is 9.85. The summed E-state index contributed by atoms with van der Waals surface area (Å²) in [5.74, 6) is 0.574. The van der Waals surface area contributed by atoms with E-state index in [1.807, 2.05) is 30.5 Å². The molecule has 0 bridgehead atoms. The van der Waals surface area contributed by atoms with Gasteiger partial charge in [-0.15, -0.1) is 0 Å². The number of likely N-dealkylation sites (tertiary alicyclic amines) is 1. The Morgan fingerprint density at radius 1 is 1.15 bits per heavy atom. The number of hydrogen-bond donors (Lipinski definition) is 0. The average molecular weight is 350 g/mol. The molecular formula is C22H26N2O2. The monoisotopic (exact) mass is 350 g/mol. The van der Waals surface area contributed by atoms with E-state index in [4.69, 9.17) is 10.00 Å². The van der Waals surface area contributed by atoms with Gasteiger partial charge in [-0.2, -0.15) is 5.26 Å². The lowest BCUT2D eigenvalue weighted by Crippen LogP contribution is -2.51. The fourth-order valence-corrected chi connectivity index (χ4v) is 4.69. The van der Waals surface area contributed by atoms with Crippen LogP contribution in [0.4, 0.5) is 0 Å². The average Bonchev–Trinajstić information content (AvgIpc) is 3.11. The molecule has 1 unspecified atom stereocenters. The highest BCUT2D eigenvalue weighted by Crippen LogP contribution is 2.41. The van der Waals surface area contributed by atoms with E-state index >= 15 is 0 Å². The molecule has 4 heteroatoms. The largest absolute Gasteiger partial charge is 0.492 e. The van der Waals surface area contributed by atoms with Gasteiger partial charge in [0.2, 0.25) is 5.91 Å². The summed E-state index contributed by atoms with van der Waals surface area (Å²) in [6, 6.07) is 9.83. The van der Waals surface area contributed by atoms with Gasteiger partial charge in [-0.05, 0) is 49.0 Å². The molecule has 2 fully saturated rings. The first-order chi connectivity index (χ1) is 12.7. The van der Waals surface area contributed by atoms with Gasteiger partial charge in [0.15, 0.2) is 0 Å². The zero-order chi connectivity index (χ0) is 18.0. The van der Waals surface area contributed by atoms with Gasteiger partial charge in [0.1, 0.15) is 5.60 Å². The Morgan fingerprint density at radius 2 is 1.92 bits per heavy atom. The molecule has 1 saturated carbocycles. The predicted molar refractivity (Wildman–Crippen MR) is 100.0 cm³/mol. The number of carbonyl (C=O) groups is 1. The lowest BCUT2D eigenvalue weighted by atomic mass is 9.84. The van der Waals surface area contributed by atoms with Crippen LogP contribution >= 0.6 is 0 Å². The van der Waals surface area contributed by atoms with Crippen LogP contribution in [0.1, 0.15) is 62.5 Å². The molecule has 4 nitrogen and oxygen atoms in total. The molecule has 0 radical (unpaired) electrons. The molecule has 4 rings (SSSR count). The summed E-state index contributed by atoms with van der Waals surface area (Å²) in [7, 11) is 0. The second kappa shape index (κ2) is 7.15. The van der Waals surface area contributed by atoms with Crippen molar-refractivity contribution >= 4 is 11.5 Å². The zero-order valence-electron chi connectivity index (χ0n) is 15.2. The van der Waals surface area contributed by atoms with Crippen LogP contribution in [0.25, 0.3) is 5.57 Å². The second-order valence-electron chi connectivity index (χ2n) is 8.01. The SMILES string of the molecule is N#Cc1ccc(C2=COC3(CCCN(C(=O)C4CCCCC4)C3)C2)cc1. The summed E-state index contributed by atoms with van der Waals surface area (Å²) >= 11 is 0. The molecule has 136 valence electrons. The van der Waals surface area contributed by atoms with Crippen molar-refractivity contribution in [2.75, 3.05) is 13.1 Å². The molecule has 0 N–H and O–H groups in total. The minimum atomic E-state index is -0.258. The van der Waals surface area contributed by atoms with Gasteiger partial charge in [0.25, 0.3) is 0 Å². The van der Waals surface area contributed by atoms with Crippen LogP contribution in [0.15, 0.2) is 30.5 Å². The van der Waals surface area contributed by atoms with Crippen molar-refractivity contribution in [2.45, 2.75) is 57.0 Å². The third-order valence-electron chi connectivity index (χ3n) is 6.15. The van der Waals surface area contributed by atoms with Crippen molar-refractivity contribution in [1.29, 1.82) is 5.26 Å². The Balaban J connectivity index is 1.43. The summed E-state index contributed by atoms with van der Waals surface area (Å²) in [4.78, 5) is 15.0. The summed E-state index contributed by atoms with van der Waals surface area (Å²) in [6.07, 6.45) is 10.5. The minimum absolute atomic E-state index is 0.228. The molecule has 2 heterocycles. The molecular weight excluding hydrogens is 324 g/mol. The summed E-state index contributed by atoms with van der Waals surface area (Å²) in [6.45, 7) is 1.57. The van der Waals surface area contributed by atoms with Crippen molar-refractivity contribution in [2.24, 2.45) is 5.92 Å². The zero-order valence-corrected chi connectivity index (χ0v) is 15.2. The number of nitrogens with zero attached hydrogens (tertiary/aromatic N) is 2. The molecule has 0 aromatic heterocycles. The van der Waals surface area contributed by atoms with Crippen LogP contribution in [0.2, 0.25) is 0 Å². The topological polar surface area (TPSA) is 53.3 Å². The van der Waals surface area contributed by atoms with Crippen molar-refractivity contribution in [3.8, 4) is 6.07 Å². The fraction of sp³-hybridized carbons (Fsp3) is 0.545. The van der Waals surface area contributed by atoms with Gasteiger partial charge < -0.3 is 9.64 Å². The molecule has 1 saturated heterocycles. The van der Waals surface area contributed by atoms with Crippen LogP contribution in [0.5, 0.6) is 0 Å². The van der Waals surface area contributed by atoms with Crippen molar-refractivity contribution in [1.82, 2.24) is 4.90 Å². The Labute approximate surface area is 155 Å². The van der Waals surface area contributed by atoms with E-state index in [1.165, 1.54) is 24.8 Å². The van der Waals surface area contributed by atoms with Crippen molar-refractivity contribution in [3.05, 3.63) is 41.7 Å². The molecule has 1 spiro atoms. The first kappa shape index (κ1) is 17.1. The van der Waals surface area contributed by atoms with Gasteiger partial charge in [-0.1, -0.05) is 31.4 Å². The number of benzene rings is 1. The molecule has 3 aliphatic rings. The molecule has 1 aliphatic carbocycles. The molecule has 1 atom stereocenters. The standard InChI is InChI=1S/C22H26N2O2/c23-14-17-7-9-18(10-8-17)20-13-22(26-15-20)11-4-12-24(16-22)21(25)19-5-2-1-3-6-19/h7-10,15,19H,1-6,11-13,16H2. The lowest BCUT2D eigenvalue weighted by Gasteiger charge is -2.41. The molecule has 1 aromatic rings. The summed E-state index contributed by atoms with van der Waals surface area (Å²) < 4.78 is 6.15. The highest BCUT2D eigenvalue weighted by Gasteiger charge is 2.43. The molecule has 1 amide bonds. The van der Waals surface area contributed by atoms with Crippen LogP contribution in [-0.2, 0) is 9.53 Å². The predicted octanol–water partition coefficient (Wildman–Crippen LogP) is 4.26. The summed E-state index contributed by atoms with van der Waals surface area (Å²) in [5, 5.41) is 8.95. The number of amides is 1. The van der Waals surface area contributed by atoms with E-state index < -0.39 is 0 Å². The van der Waals surface area contributed by atoms with Gasteiger partial charge in [-0.3, -0.25) is 4.79 Å². The van der Waals surface area contributed by atoms with E-state index in [1.54, 1.807) is 0 Å². The maximum atomic E-state index is 12.9. The maximum Gasteiger partial charge on any atom is 0.225 e. The Kier molecular flexibility index (Phi) is 4.72. The van der Waals surface area contributed by atoms with Gasteiger partial charge in [-0.25, -0.2) is 0 Å². The van der Waals surface area contributed by atoms with Crippen LogP contribution in [-0.4, -0.2) is 29.5 Å². The van der Waals surface area contributed by atoms with Gasteiger partial charge >= 0.3 is 0 Å². The number of piperidine rings is 1. The van der Waals surface area contributed by atoms with E-state index in [-0.39, 0.29) is 11.5 Å². The number of nitriles is 1. The smallest absolute Gasteiger partial charge is 0.225 e. The number of rotatable bonds is 2. The Morgan fingerprint density at radius 3 is 2.65 bits per heavy atom. The third kappa shape index (κ3) is 3.35. The highest BCUT2D eigenvalue weighted by atomic mass is 16.5. The highest BCUT2D eigenvalue weighted by molar-refractivity contribution is 5.79. The van der Waals surface area contributed by atoms with E-state index in [0.29, 0.717) is 18.0 Å².